The van der Waals surface area contributed by atoms with Crippen molar-refractivity contribution in [1.29, 1.82) is 0 Å². The van der Waals surface area contributed by atoms with E-state index < -0.39 is 0 Å². The minimum Gasteiger partial charge on any atom is -0.383 e. The van der Waals surface area contributed by atoms with Crippen LogP contribution in [0.15, 0.2) is 11.6 Å². The first-order valence-corrected chi connectivity index (χ1v) is 5.17. The van der Waals surface area contributed by atoms with Gasteiger partial charge in [-0.25, -0.2) is 0 Å². The van der Waals surface area contributed by atoms with Gasteiger partial charge < -0.3 is 4.74 Å². The standard InChI is InChI=1S/C10H16ClNO2/c1-14-7-6-12-4-2-9(3-5-12)8-10(11)13/h2H,3-8H2,1H3. The molecule has 3 nitrogen and oxygen atoms in total. The highest BCUT2D eigenvalue weighted by Gasteiger charge is 2.12. The Kier molecular flexibility index (Phi) is 5.15. The van der Waals surface area contributed by atoms with Gasteiger partial charge in [0, 0.05) is 33.2 Å². The zero-order chi connectivity index (χ0) is 10.4. The summed E-state index contributed by atoms with van der Waals surface area (Å²) in [5, 5.41) is -0.262. The van der Waals surface area contributed by atoms with Crippen LogP contribution in [0.5, 0.6) is 0 Å². The Morgan fingerprint density at radius 2 is 2.50 bits per heavy atom. The van der Waals surface area contributed by atoms with E-state index in [9.17, 15) is 4.79 Å². The van der Waals surface area contributed by atoms with E-state index in [0.717, 1.165) is 32.7 Å². The highest BCUT2D eigenvalue weighted by Crippen LogP contribution is 2.14. The first-order valence-electron chi connectivity index (χ1n) is 4.80. The van der Waals surface area contributed by atoms with E-state index in [4.69, 9.17) is 16.3 Å². The van der Waals surface area contributed by atoms with Crippen LogP contribution >= 0.6 is 11.6 Å². The molecule has 0 amide bonds. The number of carbonyl (C=O) groups is 1. The number of nitrogens with zero attached hydrogens (tertiary/aromatic N) is 1. The molecule has 80 valence electrons. The van der Waals surface area contributed by atoms with Gasteiger partial charge in [-0.3, -0.25) is 9.69 Å². The first kappa shape index (κ1) is 11.7. The van der Waals surface area contributed by atoms with E-state index in [1.165, 1.54) is 5.57 Å². The van der Waals surface area contributed by atoms with Crippen LogP contribution < -0.4 is 0 Å². The van der Waals surface area contributed by atoms with Crippen molar-refractivity contribution in [1.82, 2.24) is 4.90 Å². The quantitative estimate of drug-likeness (QED) is 0.515. The Morgan fingerprint density at radius 3 is 3.00 bits per heavy atom. The molecule has 0 aliphatic carbocycles. The molecule has 0 spiro atoms. The van der Waals surface area contributed by atoms with Gasteiger partial charge in [0.1, 0.15) is 0 Å². The molecule has 0 bridgehead atoms. The van der Waals surface area contributed by atoms with Crippen molar-refractivity contribution in [2.75, 3.05) is 33.4 Å². The maximum absolute atomic E-state index is 10.7. The lowest BCUT2D eigenvalue weighted by atomic mass is 10.1. The summed E-state index contributed by atoms with van der Waals surface area (Å²) in [5.41, 5.74) is 1.17. The summed E-state index contributed by atoms with van der Waals surface area (Å²) >= 11 is 5.32. The third-order valence-corrected chi connectivity index (χ3v) is 2.50. The summed E-state index contributed by atoms with van der Waals surface area (Å²) in [6, 6.07) is 0. The Balaban J connectivity index is 2.28. The van der Waals surface area contributed by atoms with Crippen LogP contribution in [0.4, 0.5) is 0 Å². The minimum atomic E-state index is -0.262. The van der Waals surface area contributed by atoms with Crippen LogP contribution in [0.3, 0.4) is 0 Å². The lowest BCUT2D eigenvalue weighted by molar-refractivity contribution is -0.111. The lowest BCUT2D eigenvalue weighted by Gasteiger charge is -2.25. The fourth-order valence-electron chi connectivity index (χ4n) is 1.52. The Morgan fingerprint density at radius 1 is 1.71 bits per heavy atom. The normalized spacial score (nSPS) is 18.0. The Labute approximate surface area is 89.7 Å². The second-order valence-corrected chi connectivity index (χ2v) is 3.86. The summed E-state index contributed by atoms with van der Waals surface area (Å²) in [4.78, 5) is 13.0. The van der Waals surface area contributed by atoms with Crippen molar-refractivity contribution in [2.24, 2.45) is 0 Å². The summed E-state index contributed by atoms with van der Waals surface area (Å²) in [6.45, 7) is 3.62. The van der Waals surface area contributed by atoms with Gasteiger partial charge in [0.25, 0.3) is 0 Å². The van der Waals surface area contributed by atoms with Crippen molar-refractivity contribution in [2.45, 2.75) is 12.8 Å². The first-order chi connectivity index (χ1) is 6.72. The maximum Gasteiger partial charge on any atom is 0.225 e. The van der Waals surface area contributed by atoms with Crippen molar-refractivity contribution in [3.8, 4) is 0 Å². The largest absolute Gasteiger partial charge is 0.383 e. The van der Waals surface area contributed by atoms with Gasteiger partial charge in [-0.2, -0.15) is 0 Å². The summed E-state index contributed by atoms with van der Waals surface area (Å²) in [6.07, 6.45) is 3.45. The summed E-state index contributed by atoms with van der Waals surface area (Å²) in [7, 11) is 1.71. The smallest absolute Gasteiger partial charge is 0.225 e. The third-order valence-electron chi connectivity index (χ3n) is 2.36. The molecule has 0 radical (unpaired) electrons. The molecule has 1 aliphatic rings. The lowest BCUT2D eigenvalue weighted by Crippen LogP contribution is -2.31. The highest BCUT2D eigenvalue weighted by atomic mass is 35.5. The molecule has 1 heterocycles. The van der Waals surface area contributed by atoms with Crippen LogP contribution in [0, 0.1) is 0 Å². The predicted molar refractivity (Wildman–Crippen MR) is 56.5 cm³/mol. The topological polar surface area (TPSA) is 29.5 Å². The van der Waals surface area contributed by atoms with E-state index in [2.05, 4.69) is 11.0 Å². The van der Waals surface area contributed by atoms with E-state index in [1.54, 1.807) is 7.11 Å². The zero-order valence-corrected chi connectivity index (χ0v) is 9.22. The molecule has 0 aromatic heterocycles. The van der Waals surface area contributed by atoms with E-state index >= 15 is 0 Å². The second-order valence-electron chi connectivity index (χ2n) is 3.44. The molecule has 1 rings (SSSR count). The highest BCUT2D eigenvalue weighted by molar-refractivity contribution is 6.63. The SMILES string of the molecule is COCCN1CC=C(CC(=O)Cl)CC1. The molecule has 0 N–H and O–H groups in total. The summed E-state index contributed by atoms with van der Waals surface area (Å²) < 4.78 is 5.00. The van der Waals surface area contributed by atoms with Gasteiger partial charge in [-0.05, 0) is 18.0 Å². The number of methoxy groups -OCH3 is 1. The molecule has 14 heavy (non-hydrogen) atoms. The molecular formula is C10H16ClNO2. The van der Waals surface area contributed by atoms with Crippen molar-refractivity contribution in [3.63, 3.8) is 0 Å². The molecule has 1 aliphatic heterocycles. The monoisotopic (exact) mass is 217 g/mol. The van der Waals surface area contributed by atoms with Gasteiger partial charge >= 0.3 is 0 Å². The predicted octanol–water partition coefficient (Wildman–Crippen LogP) is 1.42. The Hall–Kier alpha value is -0.380. The number of hydrogen-bond acceptors (Lipinski definition) is 3. The van der Waals surface area contributed by atoms with Gasteiger partial charge in [0.2, 0.25) is 5.24 Å². The van der Waals surface area contributed by atoms with Gasteiger partial charge in [-0.15, -0.1) is 0 Å². The summed E-state index contributed by atoms with van der Waals surface area (Å²) in [5.74, 6) is 0. The molecule has 0 saturated carbocycles. The van der Waals surface area contributed by atoms with Crippen molar-refractivity contribution >= 4 is 16.8 Å². The van der Waals surface area contributed by atoms with Gasteiger partial charge in [0.15, 0.2) is 0 Å². The second kappa shape index (κ2) is 6.17. The van der Waals surface area contributed by atoms with Crippen molar-refractivity contribution in [3.05, 3.63) is 11.6 Å². The Bertz CT molecular complexity index is 228. The molecule has 0 atom stereocenters. The fraction of sp³-hybridized carbons (Fsp3) is 0.700. The van der Waals surface area contributed by atoms with E-state index in [0.29, 0.717) is 6.42 Å². The maximum atomic E-state index is 10.7. The number of halogens is 1. The molecule has 4 heteroatoms. The molecule has 0 aromatic carbocycles. The molecule has 0 fully saturated rings. The average Bonchev–Trinajstić information content (AvgIpc) is 2.16. The molecule has 0 saturated heterocycles. The third kappa shape index (κ3) is 4.22. The van der Waals surface area contributed by atoms with Gasteiger partial charge in [0.05, 0.1) is 6.61 Å². The van der Waals surface area contributed by atoms with Gasteiger partial charge in [-0.1, -0.05) is 11.6 Å². The molecule has 0 unspecified atom stereocenters. The minimum absolute atomic E-state index is 0.262. The van der Waals surface area contributed by atoms with E-state index in [-0.39, 0.29) is 5.24 Å². The van der Waals surface area contributed by atoms with Crippen LogP contribution in [0.1, 0.15) is 12.8 Å². The molecular weight excluding hydrogens is 202 g/mol. The average molecular weight is 218 g/mol. The van der Waals surface area contributed by atoms with Crippen LogP contribution in [0.25, 0.3) is 0 Å². The van der Waals surface area contributed by atoms with Crippen LogP contribution in [-0.4, -0.2) is 43.5 Å². The zero-order valence-electron chi connectivity index (χ0n) is 8.46. The number of rotatable bonds is 5. The van der Waals surface area contributed by atoms with Crippen LogP contribution in [-0.2, 0) is 9.53 Å². The fourth-order valence-corrected chi connectivity index (χ4v) is 1.69. The number of carbonyl (C=O) groups excluding carboxylic acids is 1. The molecule has 0 aromatic rings. The van der Waals surface area contributed by atoms with E-state index in [1.807, 2.05) is 0 Å². The number of ether oxygens (including phenoxy) is 1. The van der Waals surface area contributed by atoms with Crippen molar-refractivity contribution < 1.29 is 9.53 Å². The number of hydrogen-bond donors (Lipinski definition) is 0. The van der Waals surface area contributed by atoms with Crippen LogP contribution in [0.2, 0.25) is 0 Å².